The van der Waals surface area contributed by atoms with E-state index < -0.39 is 0 Å². The van der Waals surface area contributed by atoms with Gasteiger partial charge in [0, 0.05) is 32.0 Å². The molecule has 1 N–H and O–H groups in total. The molecule has 1 atom stereocenters. The molecule has 1 aromatic carbocycles. The smallest absolute Gasteiger partial charge is 0.119 e. The zero-order valence-corrected chi connectivity index (χ0v) is 12.5. The van der Waals surface area contributed by atoms with Gasteiger partial charge in [-0.2, -0.15) is 0 Å². The van der Waals surface area contributed by atoms with E-state index in [1.807, 2.05) is 38.4 Å². The van der Waals surface area contributed by atoms with Crippen molar-refractivity contribution < 1.29 is 9.47 Å². The van der Waals surface area contributed by atoms with E-state index in [0.29, 0.717) is 12.6 Å². The summed E-state index contributed by atoms with van der Waals surface area (Å²) in [5, 5.41) is 3.43. The summed E-state index contributed by atoms with van der Waals surface area (Å²) in [4.78, 5) is 2.10. The summed E-state index contributed by atoms with van der Waals surface area (Å²) >= 11 is 0. The molecule has 0 heterocycles. The van der Waals surface area contributed by atoms with E-state index in [4.69, 9.17) is 9.47 Å². The van der Waals surface area contributed by atoms with Crippen LogP contribution in [-0.2, 0) is 4.74 Å². The fourth-order valence-electron chi connectivity index (χ4n) is 1.64. The van der Waals surface area contributed by atoms with Crippen LogP contribution in [0.3, 0.4) is 0 Å². The SMILES string of the molecule is COCCC(C)Nc1ccc(OCCN(C)C)cc1. The molecule has 108 valence electrons. The molecule has 19 heavy (non-hydrogen) atoms. The van der Waals surface area contributed by atoms with Crippen LogP contribution < -0.4 is 10.1 Å². The first-order valence-electron chi connectivity index (χ1n) is 6.75. The topological polar surface area (TPSA) is 33.7 Å². The Hall–Kier alpha value is -1.26. The zero-order chi connectivity index (χ0) is 14.1. The molecule has 1 aromatic rings. The van der Waals surface area contributed by atoms with E-state index in [-0.39, 0.29) is 0 Å². The highest BCUT2D eigenvalue weighted by atomic mass is 16.5. The van der Waals surface area contributed by atoms with Crippen LogP contribution in [0.25, 0.3) is 0 Å². The third-order valence-electron chi connectivity index (χ3n) is 2.83. The van der Waals surface area contributed by atoms with Crippen LogP contribution in [0.15, 0.2) is 24.3 Å². The number of hydrogen-bond donors (Lipinski definition) is 1. The maximum atomic E-state index is 5.65. The molecule has 0 aromatic heterocycles. The lowest BCUT2D eigenvalue weighted by Crippen LogP contribution is -2.19. The quantitative estimate of drug-likeness (QED) is 0.744. The van der Waals surface area contributed by atoms with Gasteiger partial charge >= 0.3 is 0 Å². The first-order chi connectivity index (χ1) is 9.11. The summed E-state index contributed by atoms with van der Waals surface area (Å²) in [7, 11) is 5.81. The second kappa shape index (κ2) is 8.77. The standard InChI is InChI=1S/C15H26N2O2/c1-13(9-11-18-4)16-14-5-7-15(8-6-14)19-12-10-17(2)3/h5-8,13,16H,9-12H2,1-4H3. The predicted octanol–water partition coefficient (Wildman–Crippen LogP) is 2.46. The molecule has 1 rings (SSSR count). The van der Waals surface area contributed by atoms with Crippen molar-refractivity contribution in [3.8, 4) is 5.75 Å². The molecular weight excluding hydrogens is 240 g/mol. The van der Waals surface area contributed by atoms with Crippen LogP contribution in [0, 0.1) is 0 Å². The summed E-state index contributed by atoms with van der Waals surface area (Å²) in [6.07, 6.45) is 0.998. The Balaban J connectivity index is 2.34. The highest BCUT2D eigenvalue weighted by molar-refractivity contribution is 5.46. The molecule has 0 spiro atoms. The molecule has 0 saturated carbocycles. The van der Waals surface area contributed by atoms with Crippen LogP contribution in [-0.4, -0.2) is 51.9 Å². The van der Waals surface area contributed by atoms with Crippen LogP contribution in [0.4, 0.5) is 5.69 Å². The highest BCUT2D eigenvalue weighted by Crippen LogP contribution is 2.16. The third kappa shape index (κ3) is 7.03. The van der Waals surface area contributed by atoms with E-state index in [1.165, 1.54) is 0 Å². The van der Waals surface area contributed by atoms with Crippen molar-refractivity contribution in [1.29, 1.82) is 0 Å². The zero-order valence-electron chi connectivity index (χ0n) is 12.5. The lowest BCUT2D eigenvalue weighted by atomic mass is 10.2. The summed E-state index contributed by atoms with van der Waals surface area (Å²) in [6.45, 7) is 4.57. The van der Waals surface area contributed by atoms with Crippen molar-refractivity contribution in [1.82, 2.24) is 4.90 Å². The normalized spacial score (nSPS) is 12.5. The number of nitrogens with zero attached hydrogens (tertiary/aromatic N) is 1. The lowest BCUT2D eigenvalue weighted by Gasteiger charge is -2.15. The van der Waals surface area contributed by atoms with Gasteiger partial charge in [-0.15, -0.1) is 0 Å². The molecule has 0 aliphatic rings. The van der Waals surface area contributed by atoms with Crippen LogP contribution in [0.2, 0.25) is 0 Å². The van der Waals surface area contributed by atoms with E-state index in [9.17, 15) is 0 Å². The average Bonchev–Trinajstić information content (AvgIpc) is 2.38. The third-order valence-corrected chi connectivity index (χ3v) is 2.83. The molecule has 4 heteroatoms. The number of nitrogens with one attached hydrogen (secondary N) is 1. The van der Waals surface area contributed by atoms with Gasteiger partial charge in [-0.1, -0.05) is 0 Å². The van der Waals surface area contributed by atoms with Gasteiger partial charge in [-0.3, -0.25) is 0 Å². The number of methoxy groups -OCH3 is 1. The molecule has 0 radical (unpaired) electrons. The van der Waals surface area contributed by atoms with E-state index in [1.54, 1.807) is 7.11 Å². The molecule has 0 aliphatic carbocycles. The monoisotopic (exact) mass is 266 g/mol. The minimum atomic E-state index is 0.403. The summed E-state index contributed by atoms with van der Waals surface area (Å²) in [5.74, 6) is 0.914. The predicted molar refractivity (Wildman–Crippen MR) is 80.1 cm³/mol. The molecule has 0 bridgehead atoms. The average molecular weight is 266 g/mol. The maximum absolute atomic E-state index is 5.65. The largest absolute Gasteiger partial charge is 0.492 e. The van der Waals surface area contributed by atoms with Crippen molar-refractivity contribution in [2.45, 2.75) is 19.4 Å². The molecule has 0 fully saturated rings. The van der Waals surface area contributed by atoms with E-state index in [2.05, 4.69) is 17.1 Å². The van der Waals surface area contributed by atoms with Gasteiger partial charge in [-0.05, 0) is 51.7 Å². The molecule has 1 unspecified atom stereocenters. The highest BCUT2D eigenvalue weighted by Gasteiger charge is 2.02. The lowest BCUT2D eigenvalue weighted by molar-refractivity contribution is 0.191. The molecule has 4 nitrogen and oxygen atoms in total. The van der Waals surface area contributed by atoms with E-state index >= 15 is 0 Å². The first kappa shape index (κ1) is 15.8. The Morgan fingerprint density at radius 3 is 2.42 bits per heavy atom. The Labute approximate surface area is 116 Å². The number of anilines is 1. The van der Waals surface area contributed by atoms with Crippen molar-refractivity contribution in [3.63, 3.8) is 0 Å². The first-order valence-corrected chi connectivity index (χ1v) is 6.75. The van der Waals surface area contributed by atoms with Gasteiger partial charge in [0.05, 0.1) is 0 Å². The second-order valence-electron chi connectivity index (χ2n) is 5.00. The van der Waals surface area contributed by atoms with Crippen molar-refractivity contribution >= 4 is 5.69 Å². The number of hydrogen-bond acceptors (Lipinski definition) is 4. The van der Waals surface area contributed by atoms with Crippen molar-refractivity contribution in [2.75, 3.05) is 46.3 Å². The minimum Gasteiger partial charge on any atom is -0.492 e. The van der Waals surface area contributed by atoms with Crippen LogP contribution in [0.1, 0.15) is 13.3 Å². The van der Waals surface area contributed by atoms with Gasteiger partial charge in [0.2, 0.25) is 0 Å². The maximum Gasteiger partial charge on any atom is 0.119 e. The number of ether oxygens (including phenoxy) is 2. The summed E-state index contributed by atoms with van der Waals surface area (Å²) in [5.41, 5.74) is 1.11. The second-order valence-corrected chi connectivity index (χ2v) is 5.00. The Kier molecular flexibility index (Phi) is 7.30. The van der Waals surface area contributed by atoms with Crippen molar-refractivity contribution in [2.24, 2.45) is 0 Å². The molecule has 0 saturated heterocycles. The minimum absolute atomic E-state index is 0.403. The van der Waals surface area contributed by atoms with Crippen LogP contribution >= 0.6 is 0 Å². The van der Waals surface area contributed by atoms with Crippen molar-refractivity contribution in [3.05, 3.63) is 24.3 Å². The summed E-state index contributed by atoms with van der Waals surface area (Å²) < 4.78 is 10.7. The fourth-order valence-corrected chi connectivity index (χ4v) is 1.64. The summed E-state index contributed by atoms with van der Waals surface area (Å²) in [6, 6.07) is 8.51. The van der Waals surface area contributed by atoms with Gasteiger partial charge in [0.15, 0.2) is 0 Å². The molecule has 0 amide bonds. The molecule has 0 aliphatic heterocycles. The number of benzene rings is 1. The fraction of sp³-hybridized carbons (Fsp3) is 0.600. The Morgan fingerprint density at radius 1 is 1.16 bits per heavy atom. The van der Waals surface area contributed by atoms with E-state index in [0.717, 1.165) is 31.0 Å². The van der Waals surface area contributed by atoms with Gasteiger partial charge in [0.1, 0.15) is 12.4 Å². The number of rotatable bonds is 9. The Bertz CT molecular complexity index is 339. The van der Waals surface area contributed by atoms with Crippen LogP contribution in [0.5, 0.6) is 5.75 Å². The van der Waals surface area contributed by atoms with Gasteiger partial charge in [-0.25, -0.2) is 0 Å². The Morgan fingerprint density at radius 2 is 1.84 bits per heavy atom. The number of likely N-dealkylation sites (N-methyl/N-ethyl adjacent to an activating group) is 1. The van der Waals surface area contributed by atoms with Gasteiger partial charge in [0.25, 0.3) is 0 Å². The molecular formula is C15H26N2O2. The van der Waals surface area contributed by atoms with Gasteiger partial charge < -0.3 is 19.7 Å².